The maximum absolute atomic E-state index is 9.63. The lowest BCUT2D eigenvalue weighted by Gasteiger charge is -2.24. The fourth-order valence-electron chi connectivity index (χ4n) is 3.02. The van der Waals surface area contributed by atoms with Crippen LogP contribution in [0.3, 0.4) is 0 Å². The van der Waals surface area contributed by atoms with E-state index in [1.807, 2.05) is 24.3 Å². The van der Waals surface area contributed by atoms with Crippen LogP contribution in [0, 0.1) is 11.3 Å². The van der Waals surface area contributed by atoms with E-state index in [0.717, 1.165) is 29.0 Å². The minimum Gasteiger partial charge on any atom is -0.494 e. The van der Waals surface area contributed by atoms with Crippen molar-refractivity contribution in [3.63, 3.8) is 0 Å². The second kappa shape index (κ2) is 6.89. The van der Waals surface area contributed by atoms with E-state index in [-0.39, 0.29) is 17.7 Å². The quantitative estimate of drug-likeness (QED) is 0.869. The van der Waals surface area contributed by atoms with Gasteiger partial charge in [0.05, 0.1) is 18.1 Å². The topological polar surface area (TPSA) is 96.9 Å². The van der Waals surface area contributed by atoms with Crippen LogP contribution in [0.2, 0.25) is 0 Å². The molecule has 1 aliphatic heterocycles. The minimum atomic E-state index is -0.301. The molecule has 25 heavy (non-hydrogen) atoms. The summed E-state index contributed by atoms with van der Waals surface area (Å²) < 4.78 is 11.2. The molecule has 6 nitrogen and oxygen atoms in total. The highest BCUT2D eigenvalue weighted by molar-refractivity contribution is 5.56. The number of aromatic amines is 1. The number of hydrogen-bond donors (Lipinski definition) is 2. The maximum Gasteiger partial charge on any atom is 0.244 e. The van der Waals surface area contributed by atoms with Crippen LogP contribution in [0.15, 0.2) is 35.7 Å². The molecule has 0 radical (unpaired) electrons. The second-order valence-corrected chi connectivity index (χ2v) is 6.35. The van der Waals surface area contributed by atoms with Gasteiger partial charge in [0, 0.05) is 5.69 Å². The predicted molar refractivity (Wildman–Crippen MR) is 94.2 cm³/mol. The lowest BCUT2D eigenvalue weighted by molar-refractivity contribution is 0.317. The third-order valence-corrected chi connectivity index (χ3v) is 4.23. The second-order valence-electron chi connectivity index (χ2n) is 6.35. The Balaban J connectivity index is 2.07. The number of hydrogen-bond acceptors (Lipinski definition) is 5. The molecule has 0 saturated carbocycles. The van der Waals surface area contributed by atoms with Gasteiger partial charge in [-0.15, -0.1) is 5.10 Å². The van der Waals surface area contributed by atoms with Crippen LogP contribution in [0.5, 0.6) is 11.6 Å². The third-order valence-electron chi connectivity index (χ3n) is 4.23. The smallest absolute Gasteiger partial charge is 0.244 e. The summed E-state index contributed by atoms with van der Waals surface area (Å²) in [4.78, 5) is 0. The molecule has 3 N–H and O–H groups in total. The van der Waals surface area contributed by atoms with Crippen molar-refractivity contribution in [3.05, 3.63) is 52.5 Å². The molecule has 0 amide bonds. The van der Waals surface area contributed by atoms with E-state index in [9.17, 15) is 5.26 Å². The Hall–Kier alpha value is -2.94. The average molecular weight is 338 g/mol. The summed E-state index contributed by atoms with van der Waals surface area (Å²) in [6.07, 6.45) is 0.954. The number of nitrogens with two attached hydrogens (primary N) is 1. The molecule has 0 aliphatic carbocycles. The Labute approximate surface area is 147 Å². The van der Waals surface area contributed by atoms with Crippen LogP contribution >= 0.6 is 0 Å². The van der Waals surface area contributed by atoms with Crippen molar-refractivity contribution in [1.29, 1.82) is 5.26 Å². The highest BCUT2D eigenvalue weighted by Crippen LogP contribution is 2.44. The van der Waals surface area contributed by atoms with Gasteiger partial charge in [0.15, 0.2) is 0 Å². The maximum atomic E-state index is 9.63. The number of nitrogens with zero attached hydrogens (tertiary/aromatic N) is 2. The zero-order valence-electron chi connectivity index (χ0n) is 14.7. The number of rotatable bonds is 5. The van der Waals surface area contributed by atoms with Crippen LogP contribution in [0.4, 0.5) is 0 Å². The van der Waals surface area contributed by atoms with E-state index in [0.29, 0.717) is 18.1 Å². The van der Waals surface area contributed by atoms with Crippen LogP contribution in [-0.2, 0) is 0 Å². The van der Waals surface area contributed by atoms with Crippen molar-refractivity contribution in [2.45, 2.75) is 39.0 Å². The number of fused-ring (bicyclic) bond motifs is 1. The minimum absolute atomic E-state index is 0.105. The number of nitrogens with one attached hydrogen (secondary N) is 1. The number of benzene rings is 1. The Morgan fingerprint density at radius 3 is 2.68 bits per heavy atom. The molecule has 0 bridgehead atoms. The molecule has 0 saturated heterocycles. The van der Waals surface area contributed by atoms with Crippen molar-refractivity contribution in [2.24, 2.45) is 5.73 Å². The number of ether oxygens (including phenoxy) is 2. The monoisotopic (exact) mass is 338 g/mol. The van der Waals surface area contributed by atoms with Crippen LogP contribution in [-0.4, -0.2) is 16.8 Å². The molecule has 1 unspecified atom stereocenters. The molecule has 1 atom stereocenters. The van der Waals surface area contributed by atoms with Gasteiger partial charge in [-0.1, -0.05) is 32.9 Å². The first kappa shape index (κ1) is 16.9. The first-order valence-electron chi connectivity index (χ1n) is 8.45. The van der Waals surface area contributed by atoms with E-state index in [1.165, 1.54) is 0 Å². The summed E-state index contributed by atoms with van der Waals surface area (Å²) in [5.41, 5.74) is 9.15. The average Bonchev–Trinajstić information content (AvgIpc) is 3.02. The Morgan fingerprint density at radius 2 is 2.08 bits per heavy atom. The summed E-state index contributed by atoms with van der Waals surface area (Å²) in [5, 5.41) is 16.9. The molecule has 2 heterocycles. The predicted octanol–water partition coefficient (Wildman–Crippen LogP) is 3.54. The highest BCUT2D eigenvalue weighted by atomic mass is 16.5. The lowest BCUT2D eigenvalue weighted by Crippen LogP contribution is -2.21. The molecular formula is C19H22N4O2. The van der Waals surface area contributed by atoms with Crippen molar-refractivity contribution < 1.29 is 9.47 Å². The number of H-pyrrole nitrogens is 1. The molecule has 1 aliphatic rings. The summed E-state index contributed by atoms with van der Waals surface area (Å²) in [7, 11) is 0. The molecule has 3 rings (SSSR count). The molecule has 0 spiro atoms. The standard InChI is InChI=1S/C19H22N4O2/c1-4-9-24-13-7-5-12(6-8-13)15-14(10-20)18(21)25-19-16(15)17(11(2)3)22-23-19/h5-8,11,15H,4,9,21H2,1-3H3,(H,22,23). The summed E-state index contributed by atoms with van der Waals surface area (Å²) in [6.45, 7) is 6.88. The normalized spacial score (nSPS) is 16.4. The van der Waals surface area contributed by atoms with E-state index < -0.39 is 0 Å². The zero-order valence-corrected chi connectivity index (χ0v) is 14.7. The van der Waals surface area contributed by atoms with Crippen molar-refractivity contribution >= 4 is 0 Å². The fourth-order valence-corrected chi connectivity index (χ4v) is 3.02. The SMILES string of the molecule is CCCOc1ccc(C2C(C#N)=C(N)Oc3n[nH]c(C(C)C)c32)cc1. The third kappa shape index (κ3) is 3.05. The van der Waals surface area contributed by atoms with Crippen molar-refractivity contribution in [1.82, 2.24) is 10.2 Å². The van der Waals surface area contributed by atoms with Crippen LogP contribution < -0.4 is 15.2 Å². The van der Waals surface area contributed by atoms with Gasteiger partial charge >= 0.3 is 0 Å². The molecule has 1 aromatic carbocycles. The van der Waals surface area contributed by atoms with E-state index in [4.69, 9.17) is 15.2 Å². The molecule has 2 aromatic rings. The number of nitriles is 1. The Kier molecular flexibility index (Phi) is 4.66. The highest BCUT2D eigenvalue weighted by Gasteiger charge is 2.35. The van der Waals surface area contributed by atoms with Crippen LogP contribution in [0.1, 0.15) is 55.8 Å². The number of allylic oxidation sites excluding steroid dienone is 1. The van der Waals surface area contributed by atoms with Gasteiger partial charge in [-0.2, -0.15) is 5.26 Å². The van der Waals surface area contributed by atoms with Gasteiger partial charge in [0.25, 0.3) is 0 Å². The van der Waals surface area contributed by atoms with Gasteiger partial charge in [-0.05, 0) is 30.0 Å². The Morgan fingerprint density at radius 1 is 1.36 bits per heavy atom. The summed E-state index contributed by atoms with van der Waals surface area (Å²) >= 11 is 0. The van der Waals surface area contributed by atoms with Gasteiger partial charge in [-0.25, -0.2) is 0 Å². The molecule has 0 fully saturated rings. The first-order valence-corrected chi connectivity index (χ1v) is 8.45. The summed E-state index contributed by atoms with van der Waals surface area (Å²) in [6, 6.07) is 9.97. The largest absolute Gasteiger partial charge is 0.494 e. The van der Waals surface area contributed by atoms with Crippen molar-refractivity contribution in [3.8, 4) is 17.7 Å². The van der Waals surface area contributed by atoms with E-state index in [2.05, 4.69) is 37.0 Å². The van der Waals surface area contributed by atoms with Gasteiger partial charge in [0.1, 0.15) is 17.4 Å². The Bertz CT molecular complexity index is 828. The number of aromatic nitrogens is 2. The lowest BCUT2D eigenvalue weighted by atomic mass is 9.82. The van der Waals surface area contributed by atoms with E-state index in [1.54, 1.807) is 0 Å². The fraction of sp³-hybridized carbons (Fsp3) is 0.368. The van der Waals surface area contributed by atoms with Gasteiger partial charge in [0.2, 0.25) is 11.8 Å². The molecule has 6 heteroatoms. The molecule has 130 valence electrons. The van der Waals surface area contributed by atoms with Crippen LogP contribution in [0.25, 0.3) is 0 Å². The van der Waals surface area contributed by atoms with E-state index >= 15 is 0 Å². The summed E-state index contributed by atoms with van der Waals surface area (Å²) in [5.74, 6) is 1.27. The first-order chi connectivity index (χ1) is 12.1. The van der Waals surface area contributed by atoms with Gasteiger partial charge < -0.3 is 15.2 Å². The molecular weight excluding hydrogens is 316 g/mol. The van der Waals surface area contributed by atoms with Crippen molar-refractivity contribution in [2.75, 3.05) is 6.61 Å². The molecule has 1 aromatic heterocycles. The zero-order chi connectivity index (χ0) is 18.0. The van der Waals surface area contributed by atoms with Gasteiger partial charge in [-0.3, -0.25) is 5.10 Å².